The highest BCUT2D eigenvalue weighted by Gasteiger charge is 2.49. The molecule has 0 aromatic carbocycles. The Hall–Kier alpha value is -0.900. The molecule has 1 aliphatic rings. The van der Waals surface area contributed by atoms with Gasteiger partial charge in [0.1, 0.15) is 0 Å². The lowest BCUT2D eigenvalue weighted by Crippen LogP contribution is -2.48. The second kappa shape index (κ2) is 3.55. The Bertz CT molecular complexity index is 381. The van der Waals surface area contributed by atoms with E-state index >= 15 is 0 Å². The summed E-state index contributed by atoms with van der Waals surface area (Å²) in [6.07, 6.45) is 3.09. The molecule has 0 bridgehead atoms. The molecule has 0 amide bonds. The van der Waals surface area contributed by atoms with Crippen LogP contribution in [0.25, 0.3) is 0 Å². The van der Waals surface area contributed by atoms with E-state index in [1.54, 1.807) is 0 Å². The third-order valence-electron chi connectivity index (χ3n) is 4.50. The summed E-state index contributed by atoms with van der Waals surface area (Å²) in [5.74, 6) is 1.99. The first kappa shape index (κ1) is 11.6. The zero-order valence-electron chi connectivity index (χ0n) is 10.6. The van der Waals surface area contributed by atoms with E-state index < -0.39 is 0 Å². The number of nitrogens with zero attached hydrogens (tertiary/aromatic N) is 2. The first-order valence-electron chi connectivity index (χ1n) is 5.91. The van der Waals surface area contributed by atoms with Crippen molar-refractivity contribution in [3.8, 4) is 0 Å². The van der Waals surface area contributed by atoms with Gasteiger partial charge in [-0.3, -0.25) is 0 Å². The minimum atomic E-state index is -0.0869. The van der Waals surface area contributed by atoms with Crippen molar-refractivity contribution in [3.05, 3.63) is 11.7 Å². The van der Waals surface area contributed by atoms with Crippen molar-refractivity contribution in [2.45, 2.75) is 52.5 Å². The van der Waals surface area contributed by atoms with Crippen LogP contribution in [0.2, 0.25) is 0 Å². The molecule has 1 aliphatic carbocycles. The van der Waals surface area contributed by atoms with Crippen LogP contribution in [-0.4, -0.2) is 15.7 Å². The SMILES string of the molecule is Cc1nc(C[C@H]2CC[C@@](C)(N)C2(C)C)no1. The molecule has 4 heteroatoms. The maximum absolute atomic E-state index is 6.34. The zero-order chi connectivity index (χ0) is 12.0. The van der Waals surface area contributed by atoms with Crippen molar-refractivity contribution in [1.29, 1.82) is 0 Å². The monoisotopic (exact) mass is 223 g/mol. The Kier molecular flexibility index (Phi) is 2.57. The van der Waals surface area contributed by atoms with E-state index in [-0.39, 0.29) is 11.0 Å². The van der Waals surface area contributed by atoms with Crippen LogP contribution in [-0.2, 0) is 6.42 Å². The van der Waals surface area contributed by atoms with Gasteiger partial charge in [-0.15, -0.1) is 0 Å². The first-order chi connectivity index (χ1) is 7.33. The van der Waals surface area contributed by atoms with E-state index in [0.29, 0.717) is 11.8 Å². The second-order valence-electron chi connectivity index (χ2n) is 5.81. The third kappa shape index (κ3) is 1.75. The van der Waals surface area contributed by atoms with Gasteiger partial charge < -0.3 is 10.3 Å². The number of aromatic nitrogens is 2. The highest BCUT2D eigenvalue weighted by Crippen LogP contribution is 2.49. The van der Waals surface area contributed by atoms with Crippen molar-refractivity contribution in [3.63, 3.8) is 0 Å². The molecule has 0 aliphatic heterocycles. The van der Waals surface area contributed by atoms with Gasteiger partial charge in [-0.05, 0) is 31.1 Å². The fraction of sp³-hybridized carbons (Fsp3) is 0.833. The molecule has 0 spiro atoms. The van der Waals surface area contributed by atoms with E-state index in [1.807, 2.05) is 6.92 Å². The van der Waals surface area contributed by atoms with Crippen LogP contribution < -0.4 is 5.73 Å². The standard InChI is InChI=1S/C12H21N3O/c1-8-14-10(15-16-8)7-9-5-6-12(4,13)11(9,2)3/h9H,5-7,13H2,1-4H3/t9-,12-/m1/s1. The molecule has 1 heterocycles. The van der Waals surface area contributed by atoms with Gasteiger partial charge in [-0.25, -0.2) is 0 Å². The maximum atomic E-state index is 6.34. The largest absolute Gasteiger partial charge is 0.340 e. The number of rotatable bonds is 2. The van der Waals surface area contributed by atoms with Crippen molar-refractivity contribution in [2.75, 3.05) is 0 Å². The van der Waals surface area contributed by atoms with Gasteiger partial charge in [0, 0.05) is 18.9 Å². The molecule has 90 valence electrons. The Morgan fingerprint density at radius 1 is 1.44 bits per heavy atom. The molecule has 2 atom stereocenters. The molecule has 1 aromatic heterocycles. The summed E-state index contributed by atoms with van der Waals surface area (Å²) in [5, 5.41) is 3.97. The molecule has 0 saturated heterocycles. The van der Waals surface area contributed by atoms with Crippen molar-refractivity contribution >= 4 is 0 Å². The van der Waals surface area contributed by atoms with E-state index in [0.717, 1.165) is 25.1 Å². The van der Waals surface area contributed by atoms with Crippen LogP contribution >= 0.6 is 0 Å². The van der Waals surface area contributed by atoms with Crippen LogP contribution in [0.4, 0.5) is 0 Å². The van der Waals surface area contributed by atoms with Crippen LogP contribution in [0.3, 0.4) is 0 Å². The smallest absolute Gasteiger partial charge is 0.223 e. The molecule has 2 N–H and O–H groups in total. The summed E-state index contributed by atoms with van der Waals surface area (Å²) >= 11 is 0. The summed E-state index contributed by atoms with van der Waals surface area (Å²) in [6.45, 7) is 8.47. The third-order valence-corrected chi connectivity index (χ3v) is 4.50. The number of nitrogens with two attached hydrogens (primary N) is 1. The first-order valence-corrected chi connectivity index (χ1v) is 5.91. The lowest BCUT2D eigenvalue weighted by atomic mass is 9.71. The minimum absolute atomic E-state index is 0.0869. The number of hydrogen-bond donors (Lipinski definition) is 1. The Morgan fingerprint density at radius 3 is 2.56 bits per heavy atom. The summed E-state index contributed by atoms with van der Waals surface area (Å²) in [5.41, 5.74) is 6.38. The molecule has 4 nitrogen and oxygen atoms in total. The molecular weight excluding hydrogens is 202 g/mol. The molecule has 1 aromatic rings. The highest BCUT2D eigenvalue weighted by molar-refractivity contribution is 5.06. The summed E-state index contributed by atoms with van der Waals surface area (Å²) in [6, 6.07) is 0. The van der Waals surface area contributed by atoms with Gasteiger partial charge in [-0.2, -0.15) is 4.98 Å². The molecule has 1 saturated carbocycles. The highest BCUT2D eigenvalue weighted by atomic mass is 16.5. The van der Waals surface area contributed by atoms with E-state index in [2.05, 4.69) is 30.9 Å². The van der Waals surface area contributed by atoms with Gasteiger partial charge >= 0.3 is 0 Å². The molecule has 0 radical (unpaired) electrons. The van der Waals surface area contributed by atoms with E-state index in [4.69, 9.17) is 10.3 Å². The number of aryl methyl sites for hydroxylation is 1. The summed E-state index contributed by atoms with van der Waals surface area (Å²) in [4.78, 5) is 4.27. The predicted octanol–water partition coefficient (Wildman–Crippen LogP) is 2.07. The van der Waals surface area contributed by atoms with Gasteiger partial charge in [-0.1, -0.05) is 19.0 Å². The van der Waals surface area contributed by atoms with Crippen LogP contribution in [0, 0.1) is 18.3 Å². The summed E-state index contributed by atoms with van der Waals surface area (Å²) in [7, 11) is 0. The Morgan fingerprint density at radius 2 is 2.12 bits per heavy atom. The van der Waals surface area contributed by atoms with E-state index in [1.165, 1.54) is 0 Å². The quantitative estimate of drug-likeness (QED) is 0.833. The van der Waals surface area contributed by atoms with Crippen molar-refractivity contribution in [1.82, 2.24) is 10.1 Å². The molecule has 16 heavy (non-hydrogen) atoms. The molecule has 2 rings (SSSR count). The Balaban J connectivity index is 2.13. The normalized spacial score (nSPS) is 33.2. The minimum Gasteiger partial charge on any atom is -0.340 e. The fourth-order valence-corrected chi connectivity index (χ4v) is 2.63. The van der Waals surface area contributed by atoms with E-state index in [9.17, 15) is 0 Å². The topological polar surface area (TPSA) is 64.9 Å². The predicted molar refractivity (Wildman–Crippen MR) is 61.8 cm³/mol. The molecule has 0 unspecified atom stereocenters. The van der Waals surface area contributed by atoms with Crippen molar-refractivity contribution < 1.29 is 4.52 Å². The molecule has 1 fully saturated rings. The van der Waals surface area contributed by atoms with Crippen molar-refractivity contribution in [2.24, 2.45) is 17.1 Å². The number of hydrogen-bond acceptors (Lipinski definition) is 4. The van der Waals surface area contributed by atoms with Crippen LogP contribution in [0.15, 0.2) is 4.52 Å². The molecular formula is C12H21N3O. The fourth-order valence-electron chi connectivity index (χ4n) is 2.63. The maximum Gasteiger partial charge on any atom is 0.223 e. The lowest BCUT2D eigenvalue weighted by Gasteiger charge is -2.38. The van der Waals surface area contributed by atoms with Gasteiger partial charge in [0.25, 0.3) is 0 Å². The van der Waals surface area contributed by atoms with Crippen LogP contribution in [0.5, 0.6) is 0 Å². The van der Waals surface area contributed by atoms with Gasteiger partial charge in [0.15, 0.2) is 5.82 Å². The van der Waals surface area contributed by atoms with Crippen LogP contribution in [0.1, 0.15) is 45.3 Å². The van der Waals surface area contributed by atoms with Gasteiger partial charge in [0.05, 0.1) is 0 Å². The lowest BCUT2D eigenvalue weighted by molar-refractivity contribution is 0.162. The van der Waals surface area contributed by atoms with Gasteiger partial charge in [0.2, 0.25) is 5.89 Å². The average molecular weight is 223 g/mol. The summed E-state index contributed by atoms with van der Waals surface area (Å²) < 4.78 is 5.00. The zero-order valence-corrected chi connectivity index (χ0v) is 10.6. The second-order valence-corrected chi connectivity index (χ2v) is 5.81. The average Bonchev–Trinajstić information content (AvgIpc) is 2.64. The Labute approximate surface area is 96.6 Å².